The number of nitrogens with zero attached hydrogens (tertiary/aromatic N) is 1. The average molecular weight is 676 g/mol. The minimum atomic E-state index is -0.793. The summed E-state index contributed by atoms with van der Waals surface area (Å²) in [5.41, 5.74) is 4.30. The number of carbonyl (C=O) groups is 1. The van der Waals surface area contributed by atoms with Crippen LogP contribution in [0.15, 0.2) is 127 Å². The molecule has 0 aromatic heterocycles. The number of phenols is 1. The molecule has 0 bridgehead atoms. The second-order valence-electron chi connectivity index (χ2n) is 12.3. The standard InChI is InChI=1S/C40H41N3O7/c1-43(25-37(46)29-7-6-10-33(45)22-29)24-36-23-38(28-15-13-27(26-44)14-16-28)50-39(49-36)30-8-5-9-32(21-30)42-40(47)41-31-17-19-35(20-18-31)48-34-11-3-2-4-12-34/h2-22,36-39,44-46H,23-26H2,1H3,(H2,41,42,47)/t36-,37+,38+,39+/m0/s1. The number of aliphatic hydroxyl groups excluding tert-OH is 2. The number of aliphatic hydroxyl groups is 2. The van der Waals surface area contributed by atoms with Gasteiger partial charge >= 0.3 is 6.03 Å². The van der Waals surface area contributed by atoms with Crippen molar-refractivity contribution in [1.82, 2.24) is 4.90 Å². The first-order valence-corrected chi connectivity index (χ1v) is 16.5. The molecule has 10 heteroatoms. The number of amides is 2. The molecule has 258 valence electrons. The number of ether oxygens (including phenoxy) is 3. The van der Waals surface area contributed by atoms with Gasteiger partial charge in [0.15, 0.2) is 6.29 Å². The first-order valence-electron chi connectivity index (χ1n) is 16.5. The third-order valence-electron chi connectivity index (χ3n) is 8.38. The molecule has 2 amide bonds. The number of carbonyl (C=O) groups excluding carboxylic acids is 1. The molecule has 50 heavy (non-hydrogen) atoms. The third-order valence-corrected chi connectivity index (χ3v) is 8.38. The fraction of sp³-hybridized carbons (Fsp3) is 0.225. The molecule has 6 rings (SSSR count). The average Bonchev–Trinajstić information content (AvgIpc) is 3.13. The van der Waals surface area contributed by atoms with Gasteiger partial charge in [-0.2, -0.15) is 0 Å². The van der Waals surface area contributed by atoms with Crippen LogP contribution in [0.25, 0.3) is 0 Å². The Morgan fingerprint density at radius 2 is 1.54 bits per heavy atom. The van der Waals surface area contributed by atoms with Gasteiger partial charge in [-0.05, 0) is 84.4 Å². The van der Waals surface area contributed by atoms with E-state index < -0.39 is 18.4 Å². The molecule has 1 aliphatic rings. The van der Waals surface area contributed by atoms with Crippen molar-refractivity contribution in [2.45, 2.75) is 37.6 Å². The van der Waals surface area contributed by atoms with E-state index >= 15 is 0 Å². The summed E-state index contributed by atoms with van der Waals surface area (Å²) in [6.07, 6.45) is -1.52. The van der Waals surface area contributed by atoms with E-state index in [-0.39, 0.29) is 24.6 Å². The van der Waals surface area contributed by atoms with Gasteiger partial charge in [0.25, 0.3) is 0 Å². The Hall–Kier alpha value is -5.23. The summed E-state index contributed by atoms with van der Waals surface area (Å²) in [5.74, 6) is 1.49. The summed E-state index contributed by atoms with van der Waals surface area (Å²) >= 11 is 0. The lowest BCUT2D eigenvalue weighted by molar-refractivity contribution is -0.252. The molecule has 0 radical (unpaired) electrons. The first kappa shape index (κ1) is 34.6. The highest BCUT2D eigenvalue weighted by Crippen LogP contribution is 2.39. The van der Waals surface area contributed by atoms with Gasteiger partial charge in [-0.1, -0.05) is 66.7 Å². The lowest BCUT2D eigenvalue weighted by Gasteiger charge is -2.38. The van der Waals surface area contributed by atoms with Crippen molar-refractivity contribution in [1.29, 1.82) is 0 Å². The number of likely N-dealkylation sites (N-methyl/N-ethyl adjacent to an activating group) is 1. The number of phenolic OH excluding ortho intramolecular Hbond substituents is 1. The molecule has 1 fully saturated rings. The van der Waals surface area contributed by atoms with E-state index in [0.29, 0.717) is 42.2 Å². The van der Waals surface area contributed by atoms with Gasteiger partial charge in [0, 0.05) is 36.4 Å². The van der Waals surface area contributed by atoms with Crippen molar-refractivity contribution < 1.29 is 34.3 Å². The second-order valence-corrected chi connectivity index (χ2v) is 12.3. The summed E-state index contributed by atoms with van der Waals surface area (Å²) in [7, 11) is 1.91. The summed E-state index contributed by atoms with van der Waals surface area (Å²) in [6, 6.07) is 37.8. The molecule has 4 atom stereocenters. The molecule has 10 nitrogen and oxygen atoms in total. The molecular formula is C40H41N3O7. The van der Waals surface area contributed by atoms with Crippen molar-refractivity contribution in [3.05, 3.63) is 150 Å². The molecule has 0 spiro atoms. The van der Waals surface area contributed by atoms with E-state index in [1.807, 2.05) is 84.7 Å². The lowest BCUT2D eigenvalue weighted by atomic mass is 9.99. The predicted molar refractivity (Wildman–Crippen MR) is 191 cm³/mol. The Balaban J connectivity index is 1.12. The quantitative estimate of drug-likeness (QED) is 0.0917. The zero-order valence-electron chi connectivity index (χ0n) is 27.7. The lowest BCUT2D eigenvalue weighted by Crippen LogP contribution is -2.39. The highest BCUT2D eigenvalue weighted by atomic mass is 16.7. The smallest absolute Gasteiger partial charge is 0.323 e. The maximum Gasteiger partial charge on any atom is 0.323 e. The van der Waals surface area contributed by atoms with Crippen LogP contribution < -0.4 is 15.4 Å². The number of rotatable bonds is 12. The number of hydrogen-bond donors (Lipinski definition) is 5. The molecule has 0 aliphatic carbocycles. The van der Waals surface area contributed by atoms with Crippen molar-refractivity contribution >= 4 is 17.4 Å². The van der Waals surface area contributed by atoms with E-state index in [4.69, 9.17) is 14.2 Å². The van der Waals surface area contributed by atoms with Crippen LogP contribution in [-0.4, -0.2) is 52.5 Å². The Bertz CT molecular complexity index is 1840. The molecule has 5 aromatic carbocycles. The normalized spacial score (nSPS) is 18.0. The van der Waals surface area contributed by atoms with Crippen LogP contribution in [0.5, 0.6) is 17.2 Å². The molecule has 1 heterocycles. The van der Waals surface area contributed by atoms with E-state index in [1.165, 1.54) is 0 Å². The predicted octanol–water partition coefficient (Wildman–Crippen LogP) is 7.53. The van der Waals surface area contributed by atoms with E-state index in [0.717, 1.165) is 22.4 Å². The van der Waals surface area contributed by atoms with Crippen LogP contribution >= 0.6 is 0 Å². The number of para-hydroxylation sites is 1. The van der Waals surface area contributed by atoms with Crippen LogP contribution in [0.2, 0.25) is 0 Å². The molecule has 1 aliphatic heterocycles. The summed E-state index contributed by atoms with van der Waals surface area (Å²) in [6.45, 7) is 0.798. The van der Waals surface area contributed by atoms with Crippen molar-refractivity contribution in [3.8, 4) is 17.2 Å². The topological polar surface area (TPSA) is 133 Å². The van der Waals surface area contributed by atoms with Crippen LogP contribution in [0.1, 0.15) is 47.2 Å². The van der Waals surface area contributed by atoms with Gasteiger partial charge in [-0.15, -0.1) is 0 Å². The molecule has 0 unspecified atom stereocenters. The largest absolute Gasteiger partial charge is 0.508 e. The van der Waals surface area contributed by atoms with Crippen LogP contribution in [0.3, 0.4) is 0 Å². The molecule has 1 saturated heterocycles. The highest BCUT2D eigenvalue weighted by molar-refractivity contribution is 5.99. The minimum absolute atomic E-state index is 0.0478. The van der Waals surface area contributed by atoms with Crippen LogP contribution in [-0.2, 0) is 16.1 Å². The fourth-order valence-corrected chi connectivity index (χ4v) is 5.88. The summed E-state index contributed by atoms with van der Waals surface area (Å²) < 4.78 is 18.8. The maximum atomic E-state index is 12.9. The van der Waals surface area contributed by atoms with Gasteiger partial charge < -0.3 is 45.1 Å². The fourth-order valence-electron chi connectivity index (χ4n) is 5.88. The number of hydrogen-bond acceptors (Lipinski definition) is 8. The summed E-state index contributed by atoms with van der Waals surface area (Å²) in [4.78, 5) is 14.9. The molecular weight excluding hydrogens is 634 g/mol. The number of benzene rings is 5. The second kappa shape index (κ2) is 16.4. The third kappa shape index (κ3) is 9.47. The Morgan fingerprint density at radius 3 is 2.28 bits per heavy atom. The zero-order valence-corrected chi connectivity index (χ0v) is 27.7. The molecule has 5 aromatic rings. The number of aromatic hydroxyl groups is 1. The van der Waals surface area contributed by atoms with E-state index in [2.05, 4.69) is 10.6 Å². The van der Waals surface area contributed by atoms with Crippen LogP contribution in [0.4, 0.5) is 16.2 Å². The van der Waals surface area contributed by atoms with Gasteiger partial charge in [-0.3, -0.25) is 0 Å². The minimum Gasteiger partial charge on any atom is -0.508 e. The van der Waals surface area contributed by atoms with Crippen molar-refractivity contribution in [3.63, 3.8) is 0 Å². The summed E-state index contributed by atoms with van der Waals surface area (Å²) in [5, 5.41) is 36.0. The Labute approximate surface area is 291 Å². The molecule has 5 N–H and O–H groups in total. The SMILES string of the molecule is CN(C[C@@H]1C[C@H](c2ccc(CO)cc2)O[C@H](c2cccc(NC(=O)Nc3ccc(Oc4ccccc4)cc3)c2)O1)C[C@@H](O)c1cccc(O)c1. The van der Waals surface area contributed by atoms with Crippen molar-refractivity contribution in [2.24, 2.45) is 0 Å². The monoisotopic (exact) mass is 675 g/mol. The Kier molecular flexibility index (Phi) is 11.4. The van der Waals surface area contributed by atoms with E-state index in [9.17, 15) is 20.1 Å². The van der Waals surface area contributed by atoms with Gasteiger partial charge in [0.1, 0.15) is 17.2 Å². The number of nitrogens with one attached hydrogen (secondary N) is 2. The number of urea groups is 1. The van der Waals surface area contributed by atoms with Crippen molar-refractivity contribution in [2.75, 3.05) is 30.8 Å². The maximum absolute atomic E-state index is 12.9. The van der Waals surface area contributed by atoms with Gasteiger partial charge in [-0.25, -0.2) is 4.79 Å². The van der Waals surface area contributed by atoms with Crippen LogP contribution in [0, 0.1) is 0 Å². The highest BCUT2D eigenvalue weighted by Gasteiger charge is 2.33. The number of anilines is 2. The van der Waals surface area contributed by atoms with E-state index in [1.54, 1.807) is 54.6 Å². The van der Waals surface area contributed by atoms with Gasteiger partial charge in [0.05, 0.1) is 24.9 Å². The Morgan fingerprint density at radius 1 is 0.820 bits per heavy atom. The molecule has 0 saturated carbocycles. The van der Waals surface area contributed by atoms with Gasteiger partial charge in [0.2, 0.25) is 0 Å². The first-order chi connectivity index (χ1) is 24.3. The zero-order chi connectivity index (χ0) is 34.9.